The van der Waals surface area contributed by atoms with Gasteiger partial charge in [-0.15, -0.1) is 0 Å². The van der Waals surface area contributed by atoms with Crippen molar-refractivity contribution in [2.24, 2.45) is 14.1 Å². The van der Waals surface area contributed by atoms with E-state index in [0.29, 0.717) is 12.4 Å². The second kappa shape index (κ2) is 7.06. The molecule has 0 unspecified atom stereocenters. The molecule has 3 rings (SSSR count). The summed E-state index contributed by atoms with van der Waals surface area (Å²) >= 11 is 0. The lowest BCUT2D eigenvalue weighted by Gasteiger charge is -2.26. The molecule has 9 heteroatoms. The Bertz CT molecular complexity index is 847. The molecule has 0 aromatic carbocycles. The smallest absolute Gasteiger partial charge is 0.332 e. The summed E-state index contributed by atoms with van der Waals surface area (Å²) in [5.74, 6) is 1.33. The van der Waals surface area contributed by atoms with Crippen molar-refractivity contribution in [1.82, 2.24) is 19.1 Å². The highest BCUT2D eigenvalue weighted by atomic mass is 16.5. The van der Waals surface area contributed by atoms with Crippen LogP contribution >= 0.6 is 0 Å². The highest BCUT2D eigenvalue weighted by Gasteiger charge is 2.33. The molecule has 0 spiro atoms. The second-order valence-corrected chi connectivity index (χ2v) is 6.12. The minimum Gasteiger partial charge on any atom is -0.380 e. The monoisotopic (exact) mass is 346 g/mol. The van der Waals surface area contributed by atoms with Gasteiger partial charge in [0, 0.05) is 46.6 Å². The summed E-state index contributed by atoms with van der Waals surface area (Å²) in [5, 5.41) is 3.22. The minimum absolute atomic E-state index is 0.106. The molecular formula is C16H22N6O3. The molecule has 134 valence electrons. The lowest BCUT2D eigenvalue weighted by atomic mass is 10.2. The van der Waals surface area contributed by atoms with Crippen molar-refractivity contribution in [3.05, 3.63) is 45.5 Å². The maximum Gasteiger partial charge on any atom is 0.332 e. The van der Waals surface area contributed by atoms with Gasteiger partial charge in [0.15, 0.2) is 0 Å². The van der Waals surface area contributed by atoms with Crippen molar-refractivity contribution in [2.45, 2.75) is 18.6 Å². The number of nitrogens with zero attached hydrogens (tertiary/aromatic N) is 5. The van der Waals surface area contributed by atoms with Gasteiger partial charge in [0.25, 0.3) is 5.56 Å². The highest BCUT2D eigenvalue weighted by molar-refractivity contribution is 5.42. The van der Waals surface area contributed by atoms with Gasteiger partial charge >= 0.3 is 5.69 Å². The van der Waals surface area contributed by atoms with Gasteiger partial charge in [-0.2, -0.15) is 0 Å². The first kappa shape index (κ1) is 17.2. The van der Waals surface area contributed by atoms with Gasteiger partial charge in [0.2, 0.25) is 0 Å². The summed E-state index contributed by atoms with van der Waals surface area (Å²) < 4.78 is 8.01. The Morgan fingerprint density at radius 2 is 2.12 bits per heavy atom. The van der Waals surface area contributed by atoms with E-state index in [4.69, 9.17) is 4.74 Å². The number of aromatic nitrogens is 4. The minimum atomic E-state index is -0.358. The maximum absolute atomic E-state index is 12.0. The fourth-order valence-electron chi connectivity index (χ4n) is 3.10. The fraction of sp³-hybridized carbons (Fsp3) is 0.500. The van der Waals surface area contributed by atoms with E-state index in [1.807, 2.05) is 6.07 Å². The van der Waals surface area contributed by atoms with Crippen molar-refractivity contribution < 1.29 is 4.74 Å². The van der Waals surface area contributed by atoms with Gasteiger partial charge in [-0.3, -0.25) is 13.9 Å². The predicted octanol–water partition coefficient (Wildman–Crippen LogP) is -0.420. The first-order chi connectivity index (χ1) is 12.0. The van der Waals surface area contributed by atoms with Gasteiger partial charge < -0.3 is 15.0 Å². The van der Waals surface area contributed by atoms with E-state index in [0.717, 1.165) is 23.4 Å². The number of hydrogen-bond acceptors (Lipinski definition) is 7. The average molecular weight is 346 g/mol. The van der Waals surface area contributed by atoms with Gasteiger partial charge in [0.1, 0.15) is 18.0 Å². The number of methoxy groups -OCH3 is 1. The van der Waals surface area contributed by atoms with Crippen molar-refractivity contribution in [1.29, 1.82) is 0 Å². The van der Waals surface area contributed by atoms with Crippen LogP contribution in [0.3, 0.4) is 0 Å². The van der Waals surface area contributed by atoms with Crippen LogP contribution in [0.15, 0.2) is 34.2 Å². The predicted molar refractivity (Wildman–Crippen MR) is 94.0 cm³/mol. The SMILES string of the molecule is CO[C@@H]1C[C@H](CNc2cc(=O)n(C)c(=O)n2C)N(c2ccncn2)C1. The molecule has 1 fully saturated rings. The zero-order valence-electron chi connectivity index (χ0n) is 14.5. The number of nitrogens with one attached hydrogen (secondary N) is 1. The molecule has 1 aliphatic rings. The molecular weight excluding hydrogens is 324 g/mol. The van der Waals surface area contributed by atoms with Crippen LogP contribution in [0.5, 0.6) is 0 Å². The summed E-state index contributed by atoms with van der Waals surface area (Å²) in [6, 6.07) is 3.41. The van der Waals surface area contributed by atoms with E-state index >= 15 is 0 Å². The first-order valence-electron chi connectivity index (χ1n) is 8.07. The Morgan fingerprint density at radius 3 is 2.80 bits per heavy atom. The summed E-state index contributed by atoms with van der Waals surface area (Å²) in [6.45, 7) is 1.29. The molecule has 0 saturated carbocycles. The molecule has 2 atom stereocenters. The van der Waals surface area contributed by atoms with Crippen LogP contribution < -0.4 is 21.5 Å². The molecule has 1 saturated heterocycles. The fourth-order valence-corrected chi connectivity index (χ4v) is 3.10. The zero-order chi connectivity index (χ0) is 18.0. The van der Waals surface area contributed by atoms with Crippen molar-refractivity contribution in [3.63, 3.8) is 0 Å². The maximum atomic E-state index is 12.0. The molecule has 0 amide bonds. The van der Waals surface area contributed by atoms with Gasteiger partial charge in [-0.05, 0) is 12.5 Å². The van der Waals surface area contributed by atoms with Crippen molar-refractivity contribution in [2.75, 3.05) is 30.4 Å². The standard InChI is InChI=1S/C16H22N6O3/c1-20-14(7-15(23)21(2)16(20)24)18-8-11-6-12(25-3)9-22(11)13-4-5-17-10-19-13/h4-5,7,10-12,18H,6,8-9H2,1-3H3/t11-,12-/m1/s1. The third kappa shape index (κ3) is 3.41. The van der Waals surface area contributed by atoms with Crippen LogP contribution in [-0.2, 0) is 18.8 Å². The number of ether oxygens (including phenoxy) is 1. The number of hydrogen-bond donors (Lipinski definition) is 1. The molecule has 2 aromatic rings. The Balaban J connectivity index is 1.79. The summed E-state index contributed by atoms with van der Waals surface area (Å²) in [6.07, 6.45) is 4.16. The quantitative estimate of drug-likeness (QED) is 0.786. The average Bonchev–Trinajstić information content (AvgIpc) is 3.06. The van der Waals surface area contributed by atoms with Gasteiger partial charge in [-0.1, -0.05) is 0 Å². The first-order valence-corrected chi connectivity index (χ1v) is 8.07. The van der Waals surface area contributed by atoms with E-state index < -0.39 is 0 Å². The molecule has 0 bridgehead atoms. The largest absolute Gasteiger partial charge is 0.380 e. The Morgan fingerprint density at radius 1 is 1.32 bits per heavy atom. The van der Waals surface area contributed by atoms with E-state index in [9.17, 15) is 9.59 Å². The number of rotatable bonds is 5. The highest BCUT2D eigenvalue weighted by Crippen LogP contribution is 2.25. The Hall–Kier alpha value is -2.68. The Labute approximate surface area is 144 Å². The van der Waals surface area contributed by atoms with Crippen LogP contribution in [-0.4, -0.2) is 51.4 Å². The van der Waals surface area contributed by atoms with Crippen LogP contribution in [0.4, 0.5) is 11.6 Å². The van der Waals surface area contributed by atoms with Crippen LogP contribution in [0.1, 0.15) is 6.42 Å². The van der Waals surface area contributed by atoms with E-state index in [1.165, 1.54) is 24.0 Å². The third-order valence-corrected chi connectivity index (χ3v) is 4.61. The van der Waals surface area contributed by atoms with E-state index in [1.54, 1.807) is 20.4 Å². The molecule has 1 N–H and O–H groups in total. The van der Waals surface area contributed by atoms with E-state index in [2.05, 4.69) is 20.2 Å². The summed E-state index contributed by atoms with van der Waals surface area (Å²) in [7, 11) is 4.80. The molecule has 0 aliphatic carbocycles. The van der Waals surface area contributed by atoms with Crippen molar-refractivity contribution in [3.8, 4) is 0 Å². The molecule has 9 nitrogen and oxygen atoms in total. The zero-order valence-corrected chi connectivity index (χ0v) is 14.5. The second-order valence-electron chi connectivity index (χ2n) is 6.12. The topological polar surface area (TPSA) is 94.3 Å². The van der Waals surface area contributed by atoms with Crippen LogP contribution in [0.2, 0.25) is 0 Å². The van der Waals surface area contributed by atoms with Crippen LogP contribution in [0.25, 0.3) is 0 Å². The molecule has 0 radical (unpaired) electrons. The normalized spacial score (nSPS) is 20.0. The number of anilines is 2. The summed E-state index contributed by atoms with van der Waals surface area (Å²) in [4.78, 5) is 34.3. The lowest BCUT2D eigenvalue weighted by molar-refractivity contribution is 0.118. The molecule has 1 aliphatic heterocycles. The summed E-state index contributed by atoms with van der Waals surface area (Å²) in [5.41, 5.74) is -0.691. The molecule has 3 heterocycles. The van der Waals surface area contributed by atoms with Gasteiger partial charge in [0.05, 0.1) is 12.1 Å². The Kier molecular flexibility index (Phi) is 4.84. The van der Waals surface area contributed by atoms with Crippen LogP contribution in [0, 0.1) is 0 Å². The van der Waals surface area contributed by atoms with Gasteiger partial charge in [-0.25, -0.2) is 14.8 Å². The third-order valence-electron chi connectivity index (χ3n) is 4.61. The lowest BCUT2D eigenvalue weighted by Crippen LogP contribution is -2.40. The van der Waals surface area contributed by atoms with E-state index in [-0.39, 0.29) is 23.4 Å². The van der Waals surface area contributed by atoms with Crippen molar-refractivity contribution >= 4 is 11.6 Å². The molecule has 25 heavy (non-hydrogen) atoms. The molecule has 2 aromatic heterocycles.